The van der Waals surface area contributed by atoms with Crippen LogP contribution in [0.3, 0.4) is 0 Å². The van der Waals surface area contributed by atoms with Crippen LogP contribution in [0.4, 0.5) is 0 Å². The molecule has 0 bridgehead atoms. The molecular weight excluding hydrogens is 306 g/mol. The number of piperazine rings is 1. The minimum absolute atomic E-state index is 0.0275. The largest absolute Gasteiger partial charge is 0.467 e. The second kappa shape index (κ2) is 6.21. The molecule has 0 unspecified atom stereocenters. The maximum atomic E-state index is 12.5. The van der Waals surface area contributed by atoms with Crippen LogP contribution in [0.5, 0.6) is 0 Å². The summed E-state index contributed by atoms with van der Waals surface area (Å²) in [6.07, 6.45) is 3.56. The molecule has 3 rings (SSSR count). The first-order valence-corrected chi connectivity index (χ1v) is 8.06. The number of carbonyl (C=O) groups excluding carboxylic acids is 1. The lowest BCUT2D eigenvalue weighted by atomic mass is 10.3. The number of thiocarbonyl (C=S) groups is 1. The molecule has 0 aliphatic carbocycles. The number of furan rings is 1. The number of amides is 1. The lowest BCUT2D eigenvalue weighted by Gasteiger charge is -2.31. The van der Waals surface area contributed by atoms with E-state index < -0.39 is 0 Å². The van der Waals surface area contributed by atoms with Crippen molar-refractivity contribution in [2.24, 2.45) is 0 Å². The fourth-order valence-corrected chi connectivity index (χ4v) is 3.56. The van der Waals surface area contributed by atoms with Crippen LogP contribution in [0, 0.1) is 0 Å². The molecule has 0 N–H and O–H groups in total. The van der Waals surface area contributed by atoms with E-state index in [1.165, 1.54) is 11.8 Å². The fraction of sp³-hybridized carbons (Fsp3) is 0.429. The molecule has 0 aromatic carbocycles. The zero-order valence-electron chi connectivity index (χ0n) is 11.8. The van der Waals surface area contributed by atoms with Crippen molar-refractivity contribution < 1.29 is 9.21 Å². The molecule has 2 aliphatic rings. The van der Waals surface area contributed by atoms with Gasteiger partial charge >= 0.3 is 0 Å². The van der Waals surface area contributed by atoms with Crippen LogP contribution in [-0.4, -0.2) is 58.2 Å². The molecule has 0 saturated carbocycles. The summed E-state index contributed by atoms with van der Waals surface area (Å²) in [6.45, 7) is 4.32. The summed E-state index contributed by atoms with van der Waals surface area (Å²) in [5.41, 5.74) is 0. The Morgan fingerprint density at radius 3 is 2.81 bits per heavy atom. The van der Waals surface area contributed by atoms with E-state index in [0.29, 0.717) is 15.8 Å². The molecule has 2 fully saturated rings. The van der Waals surface area contributed by atoms with Crippen molar-refractivity contribution in [1.82, 2.24) is 14.7 Å². The van der Waals surface area contributed by atoms with Gasteiger partial charge in [-0.15, -0.1) is 0 Å². The molecule has 3 heterocycles. The molecule has 0 atom stereocenters. The van der Waals surface area contributed by atoms with E-state index in [1.54, 1.807) is 11.2 Å². The Labute approximate surface area is 133 Å². The van der Waals surface area contributed by atoms with Crippen molar-refractivity contribution in [2.45, 2.75) is 6.54 Å². The first-order chi connectivity index (χ1) is 10.1. The smallest absolute Gasteiger partial charge is 0.268 e. The van der Waals surface area contributed by atoms with Gasteiger partial charge in [-0.25, -0.2) is 0 Å². The average molecular weight is 323 g/mol. The van der Waals surface area contributed by atoms with Gasteiger partial charge in [0.15, 0.2) is 0 Å². The summed E-state index contributed by atoms with van der Waals surface area (Å²) in [6, 6.07) is 3.66. The summed E-state index contributed by atoms with van der Waals surface area (Å²) >= 11 is 6.68. The quantitative estimate of drug-likeness (QED) is 0.623. The zero-order chi connectivity index (χ0) is 14.8. The molecular formula is C14H17N3O2S2. The second-order valence-corrected chi connectivity index (χ2v) is 6.85. The monoisotopic (exact) mass is 323 g/mol. The SMILES string of the molecule is CN1CCN(/C=C2/SC(=S)N(Cc3ccco3)C2=O)CC1. The highest BCUT2D eigenvalue weighted by atomic mass is 32.2. The minimum atomic E-state index is -0.0275. The minimum Gasteiger partial charge on any atom is -0.467 e. The van der Waals surface area contributed by atoms with Gasteiger partial charge in [0.1, 0.15) is 10.1 Å². The second-order valence-electron chi connectivity index (χ2n) is 5.17. The Hall–Kier alpha value is -1.31. The Bertz CT molecular complexity index is 563. The molecule has 2 aliphatic heterocycles. The van der Waals surface area contributed by atoms with Crippen molar-refractivity contribution in [3.8, 4) is 0 Å². The molecule has 112 valence electrons. The highest BCUT2D eigenvalue weighted by Gasteiger charge is 2.33. The third-order valence-electron chi connectivity index (χ3n) is 3.61. The molecule has 1 amide bonds. The summed E-state index contributed by atoms with van der Waals surface area (Å²) in [5, 5.41) is 0. The number of hydrogen-bond donors (Lipinski definition) is 0. The Kier molecular flexibility index (Phi) is 4.32. The van der Waals surface area contributed by atoms with E-state index in [0.717, 1.165) is 31.9 Å². The van der Waals surface area contributed by atoms with E-state index in [9.17, 15) is 4.79 Å². The van der Waals surface area contributed by atoms with Crippen LogP contribution in [0.2, 0.25) is 0 Å². The normalized spacial score (nSPS) is 22.6. The lowest BCUT2D eigenvalue weighted by Crippen LogP contribution is -2.42. The van der Waals surface area contributed by atoms with Gasteiger partial charge < -0.3 is 14.2 Å². The van der Waals surface area contributed by atoms with Crippen molar-refractivity contribution in [3.63, 3.8) is 0 Å². The highest BCUT2D eigenvalue weighted by Crippen LogP contribution is 2.32. The van der Waals surface area contributed by atoms with Crippen LogP contribution in [0.1, 0.15) is 5.76 Å². The summed E-state index contributed by atoms with van der Waals surface area (Å²) in [4.78, 5) is 19.2. The first-order valence-electron chi connectivity index (χ1n) is 6.84. The molecule has 7 heteroatoms. The van der Waals surface area contributed by atoms with Gasteiger partial charge in [-0.2, -0.15) is 0 Å². The van der Waals surface area contributed by atoms with Gasteiger partial charge in [-0.05, 0) is 19.2 Å². The Balaban J connectivity index is 1.68. The van der Waals surface area contributed by atoms with Gasteiger partial charge in [-0.3, -0.25) is 9.69 Å². The maximum Gasteiger partial charge on any atom is 0.268 e. The van der Waals surface area contributed by atoms with Crippen LogP contribution >= 0.6 is 24.0 Å². The van der Waals surface area contributed by atoms with Gasteiger partial charge in [-0.1, -0.05) is 24.0 Å². The molecule has 0 spiro atoms. The Morgan fingerprint density at radius 1 is 1.38 bits per heavy atom. The summed E-state index contributed by atoms with van der Waals surface area (Å²) in [7, 11) is 2.11. The number of hydrogen-bond acceptors (Lipinski definition) is 6. The van der Waals surface area contributed by atoms with Crippen molar-refractivity contribution in [2.75, 3.05) is 33.2 Å². The van der Waals surface area contributed by atoms with E-state index in [-0.39, 0.29) is 5.91 Å². The predicted octanol–water partition coefficient (Wildman–Crippen LogP) is 1.73. The molecule has 1 aromatic heterocycles. The van der Waals surface area contributed by atoms with Gasteiger partial charge in [0.05, 0.1) is 17.7 Å². The topological polar surface area (TPSA) is 39.9 Å². The van der Waals surface area contributed by atoms with Crippen LogP contribution in [-0.2, 0) is 11.3 Å². The molecule has 2 saturated heterocycles. The fourth-order valence-electron chi connectivity index (χ4n) is 2.30. The van der Waals surface area contributed by atoms with Crippen LogP contribution in [0.15, 0.2) is 33.9 Å². The van der Waals surface area contributed by atoms with Crippen molar-refractivity contribution in [1.29, 1.82) is 0 Å². The van der Waals surface area contributed by atoms with E-state index >= 15 is 0 Å². The standard InChI is InChI=1S/C14H17N3O2S2/c1-15-4-6-16(7-5-15)10-12-13(18)17(14(20)21-12)9-11-3-2-8-19-11/h2-3,8,10H,4-7,9H2,1H3/b12-10+. The molecule has 1 aromatic rings. The molecule has 21 heavy (non-hydrogen) atoms. The average Bonchev–Trinajstić information content (AvgIpc) is 3.06. The van der Waals surface area contributed by atoms with Crippen LogP contribution in [0.25, 0.3) is 0 Å². The lowest BCUT2D eigenvalue weighted by molar-refractivity contribution is -0.122. The maximum absolute atomic E-state index is 12.5. The van der Waals surface area contributed by atoms with Crippen LogP contribution < -0.4 is 0 Å². The van der Waals surface area contributed by atoms with Gasteiger partial charge in [0.2, 0.25) is 0 Å². The van der Waals surface area contributed by atoms with Gasteiger partial charge in [0.25, 0.3) is 5.91 Å². The van der Waals surface area contributed by atoms with Crippen molar-refractivity contribution in [3.05, 3.63) is 35.3 Å². The van der Waals surface area contributed by atoms with E-state index in [1.807, 2.05) is 18.3 Å². The van der Waals surface area contributed by atoms with Crippen molar-refractivity contribution >= 4 is 34.2 Å². The highest BCUT2D eigenvalue weighted by molar-refractivity contribution is 8.26. The number of thioether (sulfide) groups is 1. The summed E-state index contributed by atoms with van der Waals surface area (Å²) < 4.78 is 5.89. The number of carbonyl (C=O) groups is 1. The van der Waals surface area contributed by atoms with Gasteiger partial charge in [0, 0.05) is 32.4 Å². The number of rotatable bonds is 3. The number of nitrogens with zero attached hydrogens (tertiary/aromatic N) is 3. The predicted molar refractivity (Wildman–Crippen MR) is 86.6 cm³/mol. The van der Waals surface area contributed by atoms with E-state index in [2.05, 4.69) is 16.8 Å². The Morgan fingerprint density at radius 2 is 2.14 bits per heavy atom. The third-order valence-corrected chi connectivity index (χ3v) is 4.97. The number of likely N-dealkylation sites (N-methyl/N-ethyl adjacent to an activating group) is 1. The first kappa shape index (κ1) is 14.6. The summed E-state index contributed by atoms with van der Waals surface area (Å²) in [5.74, 6) is 0.715. The third kappa shape index (κ3) is 3.30. The zero-order valence-corrected chi connectivity index (χ0v) is 13.5. The molecule has 0 radical (unpaired) electrons. The molecule has 5 nitrogen and oxygen atoms in total. The van der Waals surface area contributed by atoms with E-state index in [4.69, 9.17) is 16.6 Å².